The van der Waals surface area contributed by atoms with E-state index in [9.17, 15) is 13.2 Å². The summed E-state index contributed by atoms with van der Waals surface area (Å²) in [5, 5.41) is 5.02. The summed E-state index contributed by atoms with van der Waals surface area (Å²) in [7, 11) is -0.433. The maximum atomic E-state index is 11.1. The largest absolute Gasteiger partial charge is 0.469 e. The second kappa shape index (κ2) is 6.53. The van der Waals surface area contributed by atoms with Gasteiger partial charge in [-0.25, -0.2) is 13.6 Å². The van der Waals surface area contributed by atoms with Crippen molar-refractivity contribution in [2.75, 3.05) is 25.6 Å². The molecule has 0 bridgehead atoms. The van der Waals surface area contributed by atoms with Gasteiger partial charge in [-0.1, -0.05) is 0 Å². The minimum atomic E-state index is -3.66. The van der Waals surface area contributed by atoms with Crippen LogP contribution in [0.2, 0.25) is 0 Å². The molecule has 1 aromatic carbocycles. The molecule has 0 aliphatic heterocycles. The fourth-order valence-corrected chi connectivity index (χ4v) is 2.10. The van der Waals surface area contributed by atoms with Gasteiger partial charge in [0.1, 0.15) is 0 Å². The molecule has 0 amide bonds. The number of nitrogens with two attached hydrogens (primary N) is 1. The van der Waals surface area contributed by atoms with Crippen LogP contribution in [0.1, 0.15) is 12.8 Å². The number of primary sulfonamides is 1. The molecule has 1 rings (SSSR count). The number of ether oxygens (including phenoxy) is 1. The van der Waals surface area contributed by atoms with Gasteiger partial charge in [0, 0.05) is 25.7 Å². The summed E-state index contributed by atoms with van der Waals surface area (Å²) in [5.74, 6) is -0.238. The summed E-state index contributed by atoms with van der Waals surface area (Å²) in [4.78, 5) is 13.0. The third-order valence-electron chi connectivity index (χ3n) is 2.71. The van der Waals surface area contributed by atoms with Crippen molar-refractivity contribution in [2.24, 2.45) is 5.14 Å². The predicted molar refractivity (Wildman–Crippen MR) is 72.3 cm³/mol. The molecule has 0 saturated heterocycles. The van der Waals surface area contributed by atoms with Crippen molar-refractivity contribution >= 4 is 21.7 Å². The monoisotopic (exact) mass is 286 g/mol. The summed E-state index contributed by atoms with van der Waals surface area (Å²) < 4.78 is 26.8. The molecule has 1 aromatic rings. The van der Waals surface area contributed by atoms with Crippen LogP contribution in [0.4, 0.5) is 5.69 Å². The van der Waals surface area contributed by atoms with Gasteiger partial charge in [-0.2, -0.15) is 0 Å². The van der Waals surface area contributed by atoms with E-state index >= 15 is 0 Å². The van der Waals surface area contributed by atoms with E-state index < -0.39 is 10.0 Å². The zero-order valence-electron chi connectivity index (χ0n) is 11.0. The lowest BCUT2D eigenvalue weighted by Gasteiger charge is -2.19. The fraction of sp³-hybridized carbons (Fsp3) is 0.417. The standard InChI is InChI=1S/C12H18N2O4S/c1-14(9-3-4-12(15)18-2)10-5-7-11(8-6-10)19(13,16)17/h5-8H,3-4,9H2,1-2H3,(H2,13,16,17). The molecule has 0 fully saturated rings. The van der Waals surface area contributed by atoms with Gasteiger partial charge >= 0.3 is 5.97 Å². The second-order valence-electron chi connectivity index (χ2n) is 4.14. The number of benzene rings is 1. The highest BCUT2D eigenvalue weighted by Gasteiger charge is 2.08. The van der Waals surface area contributed by atoms with E-state index in [0.29, 0.717) is 19.4 Å². The van der Waals surface area contributed by atoms with Crippen LogP contribution >= 0.6 is 0 Å². The van der Waals surface area contributed by atoms with Crippen molar-refractivity contribution in [2.45, 2.75) is 17.7 Å². The number of anilines is 1. The predicted octanol–water partition coefficient (Wildman–Crippen LogP) is 0.723. The van der Waals surface area contributed by atoms with Crippen LogP contribution in [0.5, 0.6) is 0 Å². The lowest BCUT2D eigenvalue weighted by molar-refractivity contribution is -0.140. The van der Waals surface area contributed by atoms with Crippen LogP contribution in [-0.4, -0.2) is 35.1 Å². The number of methoxy groups -OCH3 is 1. The summed E-state index contributed by atoms with van der Waals surface area (Å²) >= 11 is 0. The Morgan fingerprint density at radius 3 is 2.37 bits per heavy atom. The molecule has 0 heterocycles. The zero-order chi connectivity index (χ0) is 14.5. The van der Waals surface area contributed by atoms with Gasteiger partial charge in [0.05, 0.1) is 12.0 Å². The average Bonchev–Trinajstić information content (AvgIpc) is 2.37. The topological polar surface area (TPSA) is 89.7 Å². The smallest absolute Gasteiger partial charge is 0.305 e. The first-order valence-electron chi connectivity index (χ1n) is 5.75. The van der Waals surface area contributed by atoms with Crippen LogP contribution in [0.25, 0.3) is 0 Å². The summed E-state index contributed by atoms with van der Waals surface area (Å²) in [6, 6.07) is 6.28. The van der Waals surface area contributed by atoms with Gasteiger partial charge < -0.3 is 9.64 Å². The van der Waals surface area contributed by atoms with Gasteiger partial charge in [0.15, 0.2) is 0 Å². The number of hydrogen-bond acceptors (Lipinski definition) is 5. The molecular formula is C12H18N2O4S. The number of nitrogens with zero attached hydrogens (tertiary/aromatic N) is 1. The van der Waals surface area contributed by atoms with E-state index in [1.54, 1.807) is 12.1 Å². The van der Waals surface area contributed by atoms with Gasteiger partial charge in [-0.3, -0.25) is 4.79 Å². The summed E-state index contributed by atoms with van der Waals surface area (Å²) in [6.45, 7) is 0.670. The summed E-state index contributed by atoms with van der Waals surface area (Å²) in [6.07, 6.45) is 1.02. The van der Waals surface area contributed by atoms with Crippen molar-refractivity contribution in [3.63, 3.8) is 0 Å². The number of sulfonamides is 1. The molecule has 0 aromatic heterocycles. The van der Waals surface area contributed by atoms with Crippen LogP contribution in [0.15, 0.2) is 29.2 Å². The van der Waals surface area contributed by atoms with E-state index in [2.05, 4.69) is 4.74 Å². The summed E-state index contributed by atoms with van der Waals surface area (Å²) in [5.41, 5.74) is 0.859. The van der Waals surface area contributed by atoms with Crippen molar-refractivity contribution < 1.29 is 17.9 Å². The Hall–Kier alpha value is -1.60. The first-order valence-corrected chi connectivity index (χ1v) is 7.30. The van der Waals surface area contributed by atoms with Crippen molar-refractivity contribution in [3.8, 4) is 0 Å². The minimum Gasteiger partial charge on any atom is -0.469 e. The van der Waals surface area contributed by atoms with Gasteiger partial charge in [0.25, 0.3) is 0 Å². The highest BCUT2D eigenvalue weighted by atomic mass is 32.2. The Labute approximate surface area is 113 Å². The lowest BCUT2D eigenvalue weighted by atomic mass is 10.2. The van der Waals surface area contributed by atoms with E-state index in [-0.39, 0.29) is 10.9 Å². The van der Waals surface area contributed by atoms with Crippen LogP contribution in [0, 0.1) is 0 Å². The molecule has 2 N–H and O–H groups in total. The third-order valence-corrected chi connectivity index (χ3v) is 3.64. The fourth-order valence-electron chi connectivity index (χ4n) is 1.58. The molecule has 19 heavy (non-hydrogen) atoms. The van der Waals surface area contributed by atoms with E-state index in [0.717, 1.165) is 5.69 Å². The quantitative estimate of drug-likeness (QED) is 0.778. The molecule has 6 nitrogen and oxygen atoms in total. The highest BCUT2D eigenvalue weighted by molar-refractivity contribution is 7.89. The normalized spacial score (nSPS) is 11.1. The van der Waals surface area contributed by atoms with Crippen molar-refractivity contribution in [3.05, 3.63) is 24.3 Å². The Morgan fingerprint density at radius 2 is 1.89 bits per heavy atom. The van der Waals surface area contributed by atoms with Crippen molar-refractivity contribution in [1.82, 2.24) is 0 Å². The van der Waals surface area contributed by atoms with Gasteiger partial charge in [0.2, 0.25) is 10.0 Å². The molecule has 0 spiro atoms. The molecule has 0 unspecified atom stereocenters. The molecule has 0 radical (unpaired) electrons. The third kappa shape index (κ3) is 4.88. The molecule has 0 aliphatic rings. The Bertz CT molecular complexity index is 525. The second-order valence-corrected chi connectivity index (χ2v) is 5.70. The molecule has 7 heteroatoms. The number of hydrogen-bond donors (Lipinski definition) is 1. The Kier molecular flexibility index (Phi) is 5.31. The Morgan fingerprint density at radius 1 is 1.32 bits per heavy atom. The maximum Gasteiger partial charge on any atom is 0.305 e. The van der Waals surface area contributed by atoms with Crippen LogP contribution in [-0.2, 0) is 19.6 Å². The zero-order valence-corrected chi connectivity index (χ0v) is 11.8. The first kappa shape index (κ1) is 15.5. The van der Waals surface area contributed by atoms with E-state index in [1.165, 1.54) is 19.2 Å². The highest BCUT2D eigenvalue weighted by Crippen LogP contribution is 2.16. The first-order chi connectivity index (χ1) is 8.84. The van der Waals surface area contributed by atoms with Crippen molar-refractivity contribution in [1.29, 1.82) is 0 Å². The van der Waals surface area contributed by atoms with Gasteiger partial charge in [-0.15, -0.1) is 0 Å². The lowest BCUT2D eigenvalue weighted by Crippen LogP contribution is -2.20. The Balaban J connectivity index is 2.58. The molecular weight excluding hydrogens is 268 g/mol. The van der Waals surface area contributed by atoms with Crippen LogP contribution in [0.3, 0.4) is 0 Å². The van der Waals surface area contributed by atoms with Gasteiger partial charge in [-0.05, 0) is 30.7 Å². The van der Waals surface area contributed by atoms with Crippen LogP contribution < -0.4 is 10.0 Å². The molecule has 106 valence electrons. The number of carbonyl (C=O) groups is 1. The molecule has 0 aliphatic carbocycles. The SMILES string of the molecule is COC(=O)CCCN(C)c1ccc(S(N)(=O)=O)cc1. The molecule has 0 atom stereocenters. The number of carbonyl (C=O) groups excluding carboxylic acids is 1. The number of rotatable bonds is 6. The van der Waals surface area contributed by atoms with E-state index in [4.69, 9.17) is 5.14 Å². The molecule has 0 saturated carbocycles. The average molecular weight is 286 g/mol. The minimum absolute atomic E-state index is 0.0826. The van der Waals surface area contributed by atoms with E-state index in [1.807, 2.05) is 11.9 Å². The maximum absolute atomic E-state index is 11.1. The number of esters is 1.